The van der Waals surface area contributed by atoms with Gasteiger partial charge in [0.1, 0.15) is 11.8 Å². The van der Waals surface area contributed by atoms with Gasteiger partial charge in [-0.1, -0.05) is 19.1 Å². The number of carbonyl (C=O) groups excluding carboxylic acids is 1. The van der Waals surface area contributed by atoms with Crippen molar-refractivity contribution in [3.8, 4) is 11.4 Å². The third-order valence-electron chi connectivity index (χ3n) is 3.78. The van der Waals surface area contributed by atoms with Gasteiger partial charge in [-0.25, -0.2) is 9.48 Å². The second-order valence-electron chi connectivity index (χ2n) is 6.63. The number of nitrogens with one attached hydrogen (secondary N) is 1. The number of ether oxygens (including phenoxy) is 1. The van der Waals surface area contributed by atoms with E-state index < -0.39 is 17.9 Å². The zero-order valence-corrected chi connectivity index (χ0v) is 15.6. The minimum atomic E-state index is -1.08. The van der Waals surface area contributed by atoms with Crippen LogP contribution in [0.25, 0.3) is 5.69 Å². The molecule has 1 amide bonds. The zero-order chi connectivity index (χ0) is 19.4. The molecule has 1 atom stereocenters. The van der Waals surface area contributed by atoms with E-state index in [1.54, 1.807) is 20.8 Å². The van der Waals surface area contributed by atoms with E-state index in [1.165, 1.54) is 4.68 Å². The summed E-state index contributed by atoms with van der Waals surface area (Å²) in [5.41, 5.74) is 1.34. The number of aromatic nitrogens is 3. The van der Waals surface area contributed by atoms with Crippen LogP contribution in [0.3, 0.4) is 0 Å². The predicted molar refractivity (Wildman–Crippen MR) is 95.6 cm³/mol. The van der Waals surface area contributed by atoms with Gasteiger partial charge in [-0.3, -0.25) is 4.79 Å². The molecule has 1 aromatic carbocycles. The molecule has 2 rings (SSSR count). The highest BCUT2D eigenvalue weighted by atomic mass is 16.5. The Hall–Kier alpha value is -2.90. The van der Waals surface area contributed by atoms with Crippen molar-refractivity contribution in [2.75, 3.05) is 0 Å². The van der Waals surface area contributed by atoms with Crippen LogP contribution in [0.5, 0.6) is 5.75 Å². The summed E-state index contributed by atoms with van der Waals surface area (Å²) in [5, 5.41) is 19.6. The second-order valence-corrected chi connectivity index (χ2v) is 6.63. The fourth-order valence-electron chi connectivity index (χ4n) is 2.45. The lowest BCUT2D eigenvalue weighted by Gasteiger charge is -2.17. The van der Waals surface area contributed by atoms with E-state index in [0.29, 0.717) is 5.69 Å². The molecule has 0 radical (unpaired) electrons. The first-order valence-electron chi connectivity index (χ1n) is 8.43. The molecule has 0 saturated carbocycles. The predicted octanol–water partition coefficient (Wildman–Crippen LogP) is 2.20. The minimum absolute atomic E-state index is 0.0763. The van der Waals surface area contributed by atoms with Gasteiger partial charge in [-0.2, -0.15) is 0 Å². The maximum Gasteiger partial charge on any atom is 0.326 e. The Balaban J connectivity index is 2.21. The Morgan fingerprint density at radius 1 is 1.15 bits per heavy atom. The minimum Gasteiger partial charge on any atom is -0.491 e. The Kier molecular flexibility index (Phi) is 5.97. The van der Waals surface area contributed by atoms with Crippen molar-refractivity contribution in [1.29, 1.82) is 0 Å². The summed E-state index contributed by atoms with van der Waals surface area (Å²) in [5.74, 6) is -1.16. The van der Waals surface area contributed by atoms with Crippen LogP contribution in [0, 0.1) is 12.8 Å². The third kappa shape index (κ3) is 4.38. The van der Waals surface area contributed by atoms with Crippen molar-refractivity contribution in [2.24, 2.45) is 5.92 Å². The Bertz CT molecular complexity index is 781. The quantitative estimate of drug-likeness (QED) is 0.784. The molecule has 2 N–H and O–H groups in total. The van der Waals surface area contributed by atoms with Gasteiger partial charge < -0.3 is 15.2 Å². The van der Waals surface area contributed by atoms with E-state index in [0.717, 1.165) is 11.4 Å². The fourth-order valence-corrected chi connectivity index (χ4v) is 2.45. The molecule has 1 heterocycles. The molecule has 26 heavy (non-hydrogen) atoms. The average molecular weight is 360 g/mol. The lowest BCUT2D eigenvalue weighted by atomic mass is 10.0. The summed E-state index contributed by atoms with van der Waals surface area (Å²) in [6, 6.07) is 6.27. The number of carboxylic acid groups (broad SMARTS) is 1. The molecule has 0 spiro atoms. The van der Waals surface area contributed by atoms with E-state index in [9.17, 15) is 14.7 Å². The van der Waals surface area contributed by atoms with Crippen molar-refractivity contribution in [3.63, 3.8) is 0 Å². The van der Waals surface area contributed by atoms with Crippen molar-refractivity contribution in [1.82, 2.24) is 20.3 Å². The molecule has 140 valence electrons. The molecule has 0 fully saturated rings. The maximum absolute atomic E-state index is 12.4. The van der Waals surface area contributed by atoms with Crippen LogP contribution in [0.4, 0.5) is 0 Å². The van der Waals surface area contributed by atoms with Gasteiger partial charge in [-0.15, -0.1) is 5.10 Å². The summed E-state index contributed by atoms with van der Waals surface area (Å²) in [4.78, 5) is 23.7. The van der Waals surface area contributed by atoms with Gasteiger partial charge in [0.05, 0.1) is 17.5 Å². The number of carboxylic acids is 1. The molecule has 0 aliphatic rings. The van der Waals surface area contributed by atoms with Crippen LogP contribution in [0.15, 0.2) is 24.3 Å². The first-order valence-corrected chi connectivity index (χ1v) is 8.43. The van der Waals surface area contributed by atoms with E-state index in [1.807, 2.05) is 38.1 Å². The third-order valence-corrected chi connectivity index (χ3v) is 3.78. The highest BCUT2D eigenvalue weighted by Crippen LogP contribution is 2.18. The number of hydrogen-bond acceptors (Lipinski definition) is 5. The number of aliphatic carboxylic acids is 1. The SMILES string of the molecule is Cc1c(C(=O)N[C@H](C(=O)O)C(C)C)nnn1-c1ccc(OC(C)C)cc1. The summed E-state index contributed by atoms with van der Waals surface area (Å²) < 4.78 is 7.13. The zero-order valence-electron chi connectivity index (χ0n) is 15.6. The van der Waals surface area contributed by atoms with Crippen LogP contribution < -0.4 is 10.1 Å². The normalized spacial score (nSPS) is 12.3. The number of hydrogen-bond donors (Lipinski definition) is 2. The van der Waals surface area contributed by atoms with Crippen LogP contribution in [-0.4, -0.2) is 44.1 Å². The number of benzene rings is 1. The van der Waals surface area contributed by atoms with Gasteiger partial charge >= 0.3 is 5.97 Å². The summed E-state index contributed by atoms with van der Waals surface area (Å²) in [7, 11) is 0. The standard InChI is InChI=1S/C18H24N4O4/c1-10(2)15(18(24)25)19-17(23)16-12(5)22(21-20-16)13-6-8-14(9-7-13)26-11(3)4/h6-11,15H,1-5H3,(H,19,23)(H,24,25)/t15-/m0/s1. The van der Waals surface area contributed by atoms with Gasteiger partial charge in [0.2, 0.25) is 0 Å². The van der Waals surface area contributed by atoms with Crippen LogP contribution in [0.1, 0.15) is 43.9 Å². The van der Waals surface area contributed by atoms with Gasteiger partial charge in [0, 0.05) is 0 Å². The van der Waals surface area contributed by atoms with Crippen molar-refractivity contribution in [2.45, 2.75) is 46.8 Å². The smallest absolute Gasteiger partial charge is 0.326 e. The molecule has 1 aromatic heterocycles. The molecule has 0 aliphatic heterocycles. The molecule has 0 unspecified atom stereocenters. The highest BCUT2D eigenvalue weighted by Gasteiger charge is 2.26. The topological polar surface area (TPSA) is 106 Å². The Morgan fingerprint density at radius 3 is 2.27 bits per heavy atom. The molecule has 0 saturated heterocycles. The maximum atomic E-state index is 12.4. The van der Waals surface area contributed by atoms with Crippen molar-refractivity contribution >= 4 is 11.9 Å². The summed E-state index contributed by atoms with van der Waals surface area (Å²) >= 11 is 0. The van der Waals surface area contributed by atoms with E-state index >= 15 is 0 Å². The Morgan fingerprint density at radius 2 is 1.77 bits per heavy atom. The van der Waals surface area contributed by atoms with Crippen LogP contribution >= 0.6 is 0 Å². The average Bonchev–Trinajstić information content (AvgIpc) is 2.93. The number of rotatable bonds is 7. The highest BCUT2D eigenvalue weighted by molar-refractivity contribution is 5.95. The molecule has 2 aromatic rings. The lowest BCUT2D eigenvalue weighted by Crippen LogP contribution is -2.44. The van der Waals surface area contributed by atoms with Crippen molar-refractivity contribution in [3.05, 3.63) is 35.7 Å². The van der Waals surface area contributed by atoms with E-state index in [4.69, 9.17) is 4.74 Å². The lowest BCUT2D eigenvalue weighted by molar-refractivity contribution is -0.140. The second kappa shape index (κ2) is 7.99. The van der Waals surface area contributed by atoms with Gasteiger partial charge in [0.25, 0.3) is 5.91 Å². The van der Waals surface area contributed by atoms with E-state index in [2.05, 4.69) is 15.6 Å². The number of nitrogens with zero attached hydrogens (tertiary/aromatic N) is 3. The first-order chi connectivity index (χ1) is 12.2. The van der Waals surface area contributed by atoms with E-state index in [-0.39, 0.29) is 17.7 Å². The largest absolute Gasteiger partial charge is 0.491 e. The molecule has 8 nitrogen and oxygen atoms in total. The monoisotopic (exact) mass is 360 g/mol. The number of amides is 1. The van der Waals surface area contributed by atoms with Gasteiger partial charge in [-0.05, 0) is 51.0 Å². The summed E-state index contributed by atoms with van der Waals surface area (Å²) in [6.07, 6.45) is 0.0763. The molecule has 8 heteroatoms. The first kappa shape index (κ1) is 19.4. The van der Waals surface area contributed by atoms with Gasteiger partial charge in [0.15, 0.2) is 5.69 Å². The summed E-state index contributed by atoms with van der Waals surface area (Å²) in [6.45, 7) is 9.05. The number of carbonyl (C=O) groups is 2. The van der Waals surface area contributed by atoms with Crippen molar-refractivity contribution < 1.29 is 19.4 Å². The van der Waals surface area contributed by atoms with Crippen LogP contribution in [0.2, 0.25) is 0 Å². The molecular formula is C18H24N4O4. The fraction of sp³-hybridized carbons (Fsp3) is 0.444. The molecular weight excluding hydrogens is 336 g/mol. The van der Waals surface area contributed by atoms with Crippen LogP contribution in [-0.2, 0) is 4.79 Å². The molecule has 0 aliphatic carbocycles. The molecule has 0 bridgehead atoms. The Labute approximate surface area is 152 Å².